The van der Waals surface area contributed by atoms with E-state index in [-0.39, 0.29) is 31.6 Å². The molecule has 0 radical (unpaired) electrons. The second kappa shape index (κ2) is 44.8. The quantitative estimate of drug-likeness (QED) is 0.0480. The summed E-state index contributed by atoms with van der Waals surface area (Å²) in [5.41, 5.74) is 0. The van der Waals surface area contributed by atoms with E-state index in [1.165, 1.54) is 167 Å². The molecule has 0 rings (SSSR count). The Balaban J connectivity index is 0. The minimum Gasteiger partial charge on any atom is -0.395 e. The van der Waals surface area contributed by atoms with Crippen molar-refractivity contribution in [2.75, 3.05) is 39.5 Å². The third-order valence-electron chi connectivity index (χ3n) is 9.53. The van der Waals surface area contributed by atoms with Crippen LogP contribution in [0, 0.1) is 0 Å². The molecule has 0 atom stereocenters. The highest BCUT2D eigenvalue weighted by Gasteiger charge is 2.11. The van der Waals surface area contributed by atoms with Gasteiger partial charge in [-0.3, -0.25) is 9.59 Å². The van der Waals surface area contributed by atoms with Gasteiger partial charge in [-0.15, -0.1) is 0 Å². The van der Waals surface area contributed by atoms with Gasteiger partial charge in [-0.05, 0) is 12.8 Å². The summed E-state index contributed by atoms with van der Waals surface area (Å²) in [4.78, 5) is 24.8. The smallest absolute Gasteiger partial charge is 0.222 e. The van der Waals surface area contributed by atoms with Gasteiger partial charge in [0.25, 0.3) is 0 Å². The highest BCUT2D eigenvalue weighted by atomic mass is 16.3. The summed E-state index contributed by atoms with van der Waals surface area (Å²) in [5.74, 6) is 0.136. The molecule has 0 saturated heterocycles. The molecule has 0 spiro atoms. The highest BCUT2D eigenvalue weighted by molar-refractivity contribution is 5.76. The molecule has 2 amide bonds. The molecular formula is C42H86N2O5. The van der Waals surface area contributed by atoms with Crippen LogP contribution in [0.4, 0.5) is 0 Å². The number of hydrogen-bond donors (Lipinski definition) is 4. The van der Waals surface area contributed by atoms with Gasteiger partial charge in [0.05, 0.1) is 19.8 Å². The van der Waals surface area contributed by atoms with Crippen molar-refractivity contribution in [3.8, 4) is 0 Å². The van der Waals surface area contributed by atoms with Crippen molar-refractivity contribution in [3.05, 3.63) is 0 Å². The Bertz CT molecular complexity index is 643. The fourth-order valence-corrected chi connectivity index (χ4v) is 6.35. The van der Waals surface area contributed by atoms with Gasteiger partial charge < -0.3 is 25.5 Å². The third-order valence-corrected chi connectivity index (χ3v) is 9.53. The van der Waals surface area contributed by atoms with Crippen molar-refractivity contribution in [2.45, 2.75) is 219 Å². The summed E-state index contributed by atoms with van der Waals surface area (Å²) in [6, 6.07) is 0. The Labute approximate surface area is 305 Å². The summed E-state index contributed by atoms with van der Waals surface area (Å²) in [5, 5.41) is 29.2. The molecule has 4 N–H and O–H groups in total. The number of rotatable bonds is 38. The maximum absolute atomic E-state index is 12.0. The Morgan fingerprint density at radius 2 is 0.694 bits per heavy atom. The molecule has 49 heavy (non-hydrogen) atoms. The van der Waals surface area contributed by atoms with E-state index in [2.05, 4.69) is 19.2 Å². The summed E-state index contributed by atoms with van der Waals surface area (Å²) in [7, 11) is 0. The molecule has 0 aliphatic heterocycles. The minimum absolute atomic E-state index is 0.0323. The first-order valence-corrected chi connectivity index (χ1v) is 21.4. The lowest BCUT2D eigenvalue weighted by atomic mass is 10.0. The molecule has 0 aliphatic rings. The molecule has 0 aromatic heterocycles. The molecule has 0 saturated carbocycles. The normalized spacial score (nSPS) is 11.0. The predicted octanol–water partition coefficient (Wildman–Crippen LogP) is 10.4. The fraction of sp³-hybridized carbons (Fsp3) is 0.952. The maximum Gasteiger partial charge on any atom is 0.222 e. The minimum atomic E-state index is -0.0371. The van der Waals surface area contributed by atoms with Crippen LogP contribution in [-0.4, -0.2) is 71.5 Å². The summed E-state index contributed by atoms with van der Waals surface area (Å²) in [6.45, 7) is 5.55. The summed E-state index contributed by atoms with van der Waals surface area (Å²) >= 11 is 0. The second-order valence-electron chi connectivity index (χ2n) is 14.3. The second-order valence-corrected chi connectivity index (χ2v) is 14.3. The largest absolute Gasteiger partial charge is 0.395 e. The molecule has 294 valence electrons. The van der Waals surface area contributed by atoms with Gasteiger partial charge in [-0.25, -0.2) is 0 Å². The van der Waals surface area contributed by atoms with Crippen molar-refractivity contribution in [2.24, 2.45) is 0 Å². The van der Waals surface area contributed by atoms with Crippen LogP contribution < -0.4 is 5.32 Å². The topological polar surface area (TPSA) is 110 Å². The van der Waals surface area contributed by atoms with Gasteiger partial charge in [0.1, 0.15) is 0 Å². The Morgan fingerprint density at radius 1 is 0.408 bits per heavy atom. The number of nitrogens with one attached hydrogen (secondary N) is 1. The van der Waals surface area contributed by atoms with Crippen LogP contribution in [0.25, 0.3) is 0 Å². The van der Waals surface area contributed by atoms with Crippen LogP contribution in [-0.2, 0) is 9.59 Å². The Hall–Kier alpha value is -1.18. The molecule has 0 heterocycles. The van der Waals surface area contributed by atoms with Crippen LogP contribution in [0.2, 0.25) is 0 Å². The first-order valence-electron chi connectivity index (χ1n) is 21.4. The average Bonchev–Trinajstić information content (AvgIpc) is 3.10. The van der Waals surface area contributed by atoms with Crippen molar-refractivity contribution in [3.63, 3.8) is 0 Å². The molecule has 0 unspecified atom stereocenters. The van der Waals surface area contributed by atoms with Crippen molar-refractivity contribution < 1.29 is 24.9 Å². The number of amides is 2. The Morgan fingerprint density at radius 3 is 0.980 bits per heavy atom. The van der Waals surface area contributed by atoms with Gasteiger partial charge in [0.2, 0.25) is 11.8 Å². The molecule has 0 fully saturated rings. The molecule has 0 aliphatic carbocycles. The van der Waals surface area contributed by atoms with E-state index in [0.717, 1.165) is 25.7 Å². The number of aliphatic hydroxyl groups is 3. The molecular weight excluding hydrogens is 612 g/mol. The van der Waals surface area contributed by atoms with E-state index in [1.807, 2.05) is 0 Å². The number of hydrogen-bond acceptors (Lipinski definition) is 5. The number of carbonyl (C=O) groups is 2. The lowest BCUT2D eigenvalue weighted by molar-refractivity contribution is -0.132. The third kappa shape index (κ3) is 42.9. The van der Waals surface area contributed by atoms with E-state index in [4.69, 9.17) is 15.3 Å². The van der Waals surface area contributed by atoms with Crippen molar-refractivity contribution in [1.82, 2.24) is 10.2 Å². The van der Waals surface area contributed by atoms with Crippen LogP contribution in [0.15, 0.2) is 0 Å². The van der Waals surface area contributed by atoms with Crippen LogP contribution in [0.3, 0.4) is 0 Å². The average molecular weight is 699 g/mol. The van der Waals surface area contributed by atoms with Crippen LogP contribution >= 0.6 is 0 Å². The van der Waals surface area contributed by atoms with Gasteiger partial charge in [0, 0.05) is 32.5 Å². The molecule has 7 nitrogen and oxygen atoms in total. The monoisotopic (exact) mass is 699 g/mol. The van der Waals surface area contributed by atoms with E-state index in [1.54, 1.807) is 4.90 Å². The molecule has 7 heteroatoms. The number of aliphatic hydroxyl groups excluding tert-OH is 3. The van der Waals surface area contributed by atoms with Gasteiger partial charge in [0.15, 0.2) is 0 Å². The number of carbonyl (C=O) groups excluding carboxylic acids is 2. The van der Waals surface area contributed by atoms with Crippen molar-refractivity contribution >= 4 is 11.8 Å². The van der Waals surface area contributed by atoms with E-state index >= 15 is 0 Å². The number of nitrogens with zero attached hydrogens (tertiary/aromatic N) is 1. The SMILES string of the molecule is CCCCCCCCCCCCCCCCCC(=O)N(CCO)CCO.CCCCCCCCCCCCCCCCCC(=O)NCCO. The Kier molecular flexibility index (Phi) is 45.7. The van der Waals surface area contributed by atoms with Gasteiger partial charge in [-0.1, -0.05) is 194 Å². The van der Waals surface area contributed by atoms with Gasteiger partial charge in [-0.2, -0.15) is 0 Å². The zero-order valence-corrected chi connectivity index (χ0v) is 33.0. The first-order chi connectivity index (χ1) is 24.1. The highest BCUT2D eigenvalue weighted by Crippen LogP contribution is 2.15. The van der Waals surface area contributed by atoms with Crippen LogP contribution in [0.1, 0.15) is 219 Å². The summed E-state index contributed by atoms with van der Waals surface area (Å²) < 4.78 is 0. The fourth-order valence-electron chi connectivity index (χ4n) is 6.35. The molecule has 0 aromatic rings. The summed E-state index contributed by atoms with van der Waals surface area (Å²) in [6.07, 6.45) is 41.1. The van der Waals surface area contributed by atoms with E-state index in [0.29, 0.717) is 32.5 Å². The van der Waals surface area contributed by atoms with E-state index in [9.17, 15) is 9.59 Å². The van der Waals surface area contributed by atoms with E-state index < -0.39 is 0 Å². The van der Waals surface area contributed by atoms with Crippen molar-refractivity contribution in [1.29, 1.82) is 0 Å². The zero-order chi connectivity index (χ0) is 36.3. The number of unbranched alkanes of at least 4 members (excludes halogenated alkanes) is 28. The zero-order valence-electron chi connectivity index (χ0n) is 33.0. The maximum atomic E-state index is 12.0. The van der Waals surface area contributed by atoms with Gasteiger partial charge >= 0.3 is 0 Å². The first kappa shape index (κ1) is 49.9. The molecule has 0 aromatic carbocycles. The van der Waals surface area contributed by atoms with Crippen LogP contribution in [0.5, 0.6) is 0 Å². The standard InChI is InChI=1S/C22H45NO3.C20H41NO2/c1-2-3-4-5-6-7-8-9-10-11-12-13-14-15-16-17-22(26)23(18-20-24)19-21-25;1-2-3-4-5-6-7-8-9-10-11-12-13-14-15-16-17-20(23)21-18-19-22/h24-25H,2-21H2,1H3;22H,2-19H2,1H3,(H,21,23). The lowest BCUT2D eigenvalue weighted by Gasteiger charge is -2.20. The lowest BCUT2D eigenvalue weighted by Crippen LogP contribution is -2.35. The molecule has 0 bridgehead atoms. The predicted molar refractivity (Wildman–Crippen MR) is 210 cm³/mol.